The Morgan fingerprint density at radius 2 is 2.08 bits per heavy atom. The lowest BCUT2D eigenvalue weighted by Gasteiger charge is -1.99. The molecule has 1 aromatic carbocycles. The SMILES string of the molecule is O=[N+]([O-])c1ccccc1CC1CC1. The highest BCUT2D eigenvalue weighted by molar-refractivity contribution is 5.40. The van der Waals surface area contributed by atoms with Gasteiger partial charge in [0.15, 0.2) is 0 Å². The average Bonchev–Trinajstić information content (AvgIpc) is 2.89. The van der Waals surface area contributed by atoms with Crippen molar-refractivity contribution in [1.82, 2.24) is 0 Å². The van der Waals surface area contributed by atoms with E-state index in [9.17, 15) is 10.1 Å². The molecule has 13 heavy (non-hydrogen) atoms. The fourth-order valence-electron chi connectivity index (χ4n) is 1.49. The molecule has 0 spiro atoms. The van der Waals surface area contributed by atoms with Gasteiger partial charge >= 0.3 is 0 Å². The molecule has 1 aliphatic carbocycles. The van der Waals surface area contributed by atoms with E-state index in [1.165, 1.54) is 12.8 Å². The lowest BCUT2D eigenvalue weighted by atomic mass is 10.1. The van der Waals surface area contributed by atoms with Gasteiger partial charge in [-0.2, -0.15) is 0 Å². The average molecular weight is 177 g/mol. The van der Waals surface area contributed by atoms with Crippen molar-refractivity contribution in [1.29, 1.82) is 0 Å². The second-order valence-electron chi connectivity index (χ2n) is 3.53. The van der Waals surface area contributed by atoms with Crippen molar-refractivity contribution < 1.29 is 4.92 Å². The van der Waals surface area contributed by atoms with Gasteiger partial charge in [0.05, 0.1) is 4.92 Å². The van der Waals surface area contributed by atoms with Gasteiger partial charge in [0.2, 0.25) is 0 Å². The Hall–Kier alpha value is -1.38. The van der Waals surface area contributed by atoms with Gasteiger partial charge in [0.1, 0.15) is 0 Å². The fourth-order valence-corrected chi connectivity index (χ4v) is 1.49. The Kier molecular flexibility index (Phi) is 2.00. The number of nitrogens with zero attached hydrogens (tertiary/aromatic N) is 1. The van der Waals surface area contributed by atoms with Crippen LogP contribution in [0.2, 0.25) is 0 Å². The van der Waals surface area contributed by atoms with E-state index < -0.39 is 0 Å². The van der Waals surface area contributed by atoms with Crippen LogP contribution in [0.3, 0.4) is 0 Å². The van der Waals surface area contributed by atoms with Crippen LogP contribution in [0.1, 0.15) is 18.4 Å². The predicted octanol–water partition coefficient (Wildman–Crippen LogP) is 2.55. The first-order chi connectivity index (χ1) is 6.27. The van der Waals surface area contributed by atoms with Gasteiger partial charge in [0, 0.05) is 11.6 Å². The minimum Gasteiger partial charge on any atom is -0.258 e. The molecule has 0 N–H and O–H groups in total. The summed E-state index contributed by atoms with van der Waals surface area (Å²) in [6, 6.07) is 7.02. The van der Waals surface area contributed by atoms with Crippen molar-refractivity contribution in [2.24, 2.45) is 5.92 Å². The van der Waals surface area contributed by atoms with E-state index >= 15 is 0 Å². The summed E-state index contributed by atoms with van der Waals surface area (Å²) in [5, 5.41) is 10.6. The summed E-state index contributed by atoms with van der Waals surface area (Å²) >= 11 is 0. The van der Waals surface area contributed by atoms with Crippen LogP contribution in [0.25, 0.3) is 0 Å². The minimum absolute atomic E-state index is 0.273. The molecule has 0 saturated heterocycles. The Bertz CT molecular complexity index is 331. The van der Waals surface area contributed by atoms with E-state index in [1.54, 1.807) is 12.1 Å². The standard InChI is InChI=1S/C10H11NO2/c12-11(13)10-4-2-1-3-9(10)7-8-5-6-8/h1-4,8H,5-7H2. The smallest absolute Gasteiger partial charge is 0.258 e. The van der Waals surface area contributed by atoms with E-state index in [4.69, 9.17) is 0 Å². The Morgan fingerprint density at radius 1 is 1.38 bits per heavy atom. The summed E-state index contributed by atoms with van der Waals surface area (Å²) in [6.07, 6.45) is 3.33. The van der Waals surface area contributed by atoms with E-state index in [2.05, 4.69) is 0 Å². The fraction of sp³-hybridized carbons (Fsp3) is 0.400. The third kappa shape index (κ3) is 1.86. The molecule has 2 rings (SSSR count). The van der Waals surface area contributed by atoms with Crippen LogP contribution in [0.15, 0.2) is 24.3 Å². The molecule has 1 aromatic rings. The van der Waals surface area contributed by atoms with Gasteiger partial charge in [0.25, 0.3) is 5.69 Å². The molecule has 3 heteroatoms. The Morgan fingerprint density at radius 3 is 2.69 bits per heavy atom. The van der Waals surface area contributed by atoms with Crippen molar-refractivity contribution in [2.45, 2.75) is 19.3 Å². The summed E-state index contributed by atoms with van der Waals surface area (Å²) in [7, 11) is 0. The molecule has 1 saturated carbocycles. The van der Waals surface area contributed by atoms with Crippen LogP contribution in [-0.4, -0.2) is 4.92 Å². The van der Waals surface area contributed by atoms with E-state index in [0.717, 1.165) is 12.0 Å². The number of hydrogen-bond donors (Lipinski definition) is 0. The lowest BCUT2D eigenvalue weighted by Crippen LogP contribution is -1.95. The first-order valence-electron chi connectivity index (χ1n) is 4.49. The maximum absolute atomic E-state index is 10.6. The second-order valence-corrected chi connectivity index (χ2v) is 3.53. The van der Waals surface area contributed by atoms with Crippen molar-refractivity contribution in [2.75, 3.05) is 0 Å². The van der Waals surface area contributed by atoms with Gasteiger partial charge in [-0.05, 0) is 25.2 Å². The molecular weight excluding hydrogens is 166 g/mol. The van der Waals surface area contributed by atoms with Gasteiger partial charge in [-0.1, -0.05) is 18.2 Å². The third-order valence-corrected chi connectivity index (χ3v) is 2.39. The van der Waals surface area contributed by atoms with Gasteiger partial charge in [-0.15, -0.1) is 0 Å². The summed E-state index contributed by atoms with van der Waals surface area (Å²) < 4.78 is 0. The number of rotatable bonds is 3. The van der Waals surface area contributed by atoms with Crippen molar-refractivity contribution >= 4 is 5.69 Å². The lowest BCUT2D eigenvalue weighted by molar-refractivity contribution is -0.385. The first-order valence-corrected chi connectivity index (χ1v) is 4.49. The molecule has 0 radical (unpaired) electrons. The zero-order valence-corrected chi connectivity index (χ0v) is 7.27. The zero-order valence-electron chi connectivity index (χ0n) is 7.27. The number of nitro benzene ring substituents is 1. The number of hydrogen-bond acceptors (Lipinski definition) is 2. The van der Waals surface area contributed by atoms with Gasteiger partial charge < -0.3 is 0 Å². The topological polar surface area (TPSA) is 43.1 Å². The summed E-state index contributed by atoms with van der Waals surface area (Å²) in [5.74, 6) is 0.695. The number of benzene rings is 1. The van der Waals surface area contributed by atoms with Gasteiger partial charge in [-0.25, -0.2) is 0 Å². The second kappa shape index (κ2) is 3.17. The molecule has 0 unspecified atom stereocenters. The summed E-state index contributed by atoms with van der Waals surface area (Å²) in [4.78, 5) is 10.3. The Balaban J connectivity index is 2.25. The third-order valence-electron chi connectivity index (χ3n) is 2.39. The summed E-state index contributed by atoms with van der Waals surface area (Å²) in [6.45, 7) is 0. The highest BCUT2D eigenvalue weighted by Crippen LogP contribution is 2.34. The van der Waals surface area contributed by atoms with Crippen molar-refractivity contribution in [3.05, 3.63) is 39.9 Å². The molecule has 0 heterocycles. The Labute approximate surface area is 76.5 Å². The van der Waals surface area contributed by atoms with Crippen LogP contribution in [-0.2, 0) is 6.42 Å². The summed E-state index contributed by atoms with van der Waals surface area (Å²) in [5.41, 5.74) is 1.16. The zero-order chi connectivity index (χ0) is 9.26. The van der Waals surface area contributed by atoms with Crippen LogP contribution in [0.4, 0.5) is 5.69 Å². The normalized spacial score (nSPS) is 15.7. The molecule has 0 aromatic heterocycles. The van der Waals surface area contributed by atoms with Crippen molar-refractivity contribution in [3.8, 4) is 0 Å². The highest BCUT2D eigenvalue weighted by Gasteiger charge is 2.24. The number of para-hydroxylation sites is 1. The largest absolute Gasteiger partial charge is 0.272 e. The molecule has 1 aliphatic rings. The van der Waals surface area contributed by atoms with E-state index in [1.807, 2.05) is 12.1 Å². The molecule has 0 aliphatic heterocycles. The van der Waals surface area contributed by atoms with E-state index in [-0.39, 0.29) is 10.6 Å². The molecule has 68 valence electrons. The molecule has 3 nitrogen and oxygen atoms in total. The van der Waals surface area contributed by atoms with E-state index in [0.29, 0.717) is 5.92 Å². The first kappa shape index (κ1) is 8.23. The maximum Gasteiger partial charge on any atom is 0.272 e. The minimum atomic E-state index is -0.294. The maximum atomic E-state index is 10.6. The van der Waals surface area contributed by atoms with Crippen molar-refractivity contribution in [3.63, 3.8) is 0 Å². The van der Waals surface area contributed by atoms with Crippen LogP contribution >= 0.6 is 0 Å². The predicted molar refractivity (Wildman–Crippen MR) is 49.5 cm³/mol. The van der Waals surface area contributed by atoms with Crippen LogP contribution in [0.5, 0.6) is 0 Å². The molecule has 0 bridgehead atoms. The van der Waals surface area contributed by atoms with Crippen LogP contribution < -0.4 is 0 Å². The molecular formula is C10H11NO2. The van der Waals surface area contributed by atoms with Gasteiger partial charge in [-0.3, -0.25) is 10.1 Å². The highest BCUT2D eigenvalue weighted by atomic mass is 16.6. The monoisotopic (exact) mass is 177 g/mol. The molecule has 1 fully saturated rings. The molecule has 0 amide bonds. The van der Waals surface area contributed by atoms with Crippen LogP contribution in [0, 0.1) is 16.0 Å². The quantitative estimate of drug-likeness (QED) is 0.526. The number of nitro groups is 1. The molecule has 0 atom stereocenters.